The lowest BCUT2D eigenvalue weighted by molar-refractivity contribution is -0.137. The highest BCUT2D eigenvalue weighted by Crippen LogP contribution is 2.31. The Morgan fingerprint density at radius 1 is 1.11 bits per heavy atom. The predicted octanol–water partition coefficient (Wildman–Crippen LogP) is 6.53. The van der Waals surface area contributed by atoms with E-state index in [1.165, 1.54) is 17.2 Å². The number of aryl methyl sites for hydroxylation is 3. The van der Waals surface area contributed by atoms with Gasteiger partial charge in [0.15, 0.2) is 0 Å². The van der Waals surface area contributed by atoms with Crippen LogP contribution >= 0.6 is 12.2 Å². The second-order valence-electron chi connectivity index (χ2n) is 9.11. The summed E-state index contributed by atoms with van der Waals surface area (Å²) in [5.41, 5.74) is 6.73. The zero-order chi connectivity index (χ0) is 27.7. The number of benzene rings is 2. The molecule has 0 aliphatic carbocycles. The van der Waals surface area contributed by atoms with E-state index >= 15 is 0 Å². The minimum absolute atomic E-state index is 0.0270. The molecule has 3 rings (SSSR count). The highest BCUT2D eigenvalue weighted by molar-refractivity contribution is 7.80. The summed E-state index contributed by atoms with van der Waals surface area (Å²) >= 11 is 4.87. The van der Waals surface area contributed by atoms with Gasteiger partial charge < -0.3 is 25.2 Å². The molecule has 0 unspecified atom stereocenters. The Morgan fingerprint density at radius 2 is 1.72 bits per heavy atom. The second-order valence-corrected chi connectivity index (χ2v) is 9.55. The number of aliphatic carboxylic acids is 1. The van der Waals surface area contributed by atoms with Gasteiger partial charge in [0.2, 0.25) is 0 Å². The molecule has 0 fully saturated rings. The van der Waals surface area contributed by atoms with E-state index < -0.39 is 5.97 Å². The highest BCUT2D eigenvalue weighted by atomic mass is 32.1. The maximum atomic E-state index is 10.8. The molecule has 0 spiro atoms. The number of thiocarbonyl (C=S) groups is 1. The highest BCUT2D eigenvalue weighted by Gasteiger charge is 2.12. The van der Waals surface area contributed by atoms with Gasteiger partial charge in [0, 0.05) is 41.2 Å². The maximum absolute atomic E-state index is 10.8. The number of hydrogen-bond acceptors (Lipinski definition) is 4. The first-order chi connectivity index (χ1) is 16.7. The number of aromatic nitrogens is 1. The van der Waals surface area contributed by atoms with Crippen LogP contribution < -0.4 is 5.32 Å². The number of nitrogens with one attached hydrogen (secondary N) is 1. The molecule has 7 heteroatoms. The third kappa shape index (κ3) is 8.12. The summed E-state index contributed by atoms with van der Waals surface area (Å²) in [5, 5.41) is 31.8. The van der Waals surface area contributed by atoms with Crippen molar-refractivity contribution >= 4 is 39.7 Å². The van der Waals surface area contributed by atoms with Gasteiger partial charge in [0.25, 0.3) is 0 Å². The molecule has 4 N–H and O–H groups in total. The van der Waals surface area contributed by atoms with Crippen molar-refractivity contribution in [2.45, 2.75) is 61.4 Å². The van der Waals surface area contributed by atoms with Gasteiger partial charge in [0.1, 0.15) is 18.0 Å². The maximum Gasteiger partial charge on any atom is 0.323 e. The number of hydrogen-bond donors (Lipinski definition) is 4. The van der Waals surface area contributed by atoms with Crippen molar-refractivity contribution in [3.8, 4) is 11.5 Å². The van der Waals surface area contributed by atoms with E-state index in [9.17, 15) is 15.0 Å². The van der Waals surface area contributed by atoms with Gasteiger partial charge in [-0.15, -0.1) is 0 Å². The summed E-state index contributed by atoms with van der Waals surface area (Å²) in [6.07, 6.45) is 0.742. The van der Waals surface area contributed by atoms with Crippen LogP contribution in [0, 0.1) is 26.7 Å². The van der Waals surface area contributed by atoms with Crippen LogP contribution in [0.1, 0.15) is 55.6 Å². The van der Waals surface area contributed by atoms with E-state index in [0.29, 0.717) is 11.5 Å². The van der Waals surface area contributed by atoms with Crippen molar-refractivity contribution in [1.29, 1.82) is 0 Å². The third-order valence-corrected chi connectivity index (χ3v) is 6.57. The molecule has 1 heterocycles. The third-order valence-electron chi connectivity index (χ3n) is 5.90. The number of aromatic hydroxyl groups is 2. The van der Waals surface area contributed by atoms with Crippen molar-refractivity contribution in [3.63, 3.8) is 0 Å². The Balaban J connectivity index is 0.000000292. The summed E-state index contributed by atoms with van der Waals surface area (Å²) in [6, 6.07) is 9.25. The molecule has 1 aromatic heterocycles. The quantitative estimate of drug-likeness (QED) is 0.290. The molecule has 6 nitrogen and oxygen atoms in total. The first-order valence-corrected chi connectivity index (χ1v) is 12.4. The molecule has 196 valence electrons. The van der Waals surface area contributed by atoms with E-state index in [4.69, 9.17) is 17.3 Å². The van der Waals surface area contributed by atoms with E-state index in [-0.39, 0.29) is 18.0 Å². The van der Waals surface area contributed by atoms with Crippen molar-refractivity contribution in [1.82, 2.24) is 9.88 Å². The topological polar surface area (TPSA) is 94.7 Å². The van der Waals surface area contributed by atoms with Gasteiger partial charge in [-0.25, -0.2) is 0 Å². The molecule has 0 saturated carbocycles. The van der Waals surface area contributed by atoms with Crippen LogP contribution in [0.5, 0.6) is 11.5 Å². The van der Waals surface area contributed by atoms with Gasteiger partial charge >= 0.3 is 5.97 Å². The number of allylic oxidation sites excluding steroid dienone is 1. The number of nitrogens with zero attached hydrogens (tertiary/aromatic N) is 1. The Labute approximate surface area is 220 Å². The molecule has 0 radical (unpaired) electrons. The molecule has 2 aromatic carbocycles. The molecule has 0 bridgehead atoms. The molecule has 0 amide bonds. The first-order valence-electron chi connectivity index (χ1n) is 11.9. The number of phenolic OH excluding ortho intramolecular Hbond substituents is 2. The van der Waals surface area contributed by atoms with Gasteiger partial charge in [-0.1, -0.05) is 51.2 Å². The van der Waals surface area contributed by atoms with Crippen LogP contribution in [0.2, 0.25) is 0 Å². The minimum Gasteiger partial charge on any atom is -0.508 e. The molecule has 3 aromatic rings. The van der Waals surface area contributed by atoms with Crippen LogP contribution in [0.15, 0.2) is 36.9 Å². The van der Waals surface area contributed by atoms with Crippen LogP contribution in [0.3, 0.4) is 0 Å². The molecule has 0 atom stereocenters. The average molecular weight is 513 g/mol. The van der Waals surface area contributed by atoms with Crippen molar-refractivity contribution < 1.29 is 20.1 Å². The predicted molar refractivity (Wildman–Crippen MR) is 154 cm³/mol. The van der Waals surface area contributed by atoms with E-state index in [1.54, 1.807) is 6.07 Å². The number of rotatable bonds is 5. The van der Waals surface area contributed by atoms with Crippen LogP contribution in [-0.2, 0) is 17.8 Å². The number of fused-ring (bicyclic) bond motifs is 1. The zero-order valence-electron chi connectivity index (χ0n) is 22.7. The fourth-order valence-electron chi connectivity index (χ4n) is 3.64. The number of carboxylic acid groups (broad SMARTS) is 1. The molecule has 36 heavy (non-hydrogen) atoms. The normalized spacial score (nSPS) is 10.2. The Hall–Kier alpha value is -3.32. The number of carbonyl (C=O) groups is 1. The number of carboxylic acids is 1. The summed E-state index contributed by atoms with van der Waals surface area (Å²) in [7, 11) is 1.85. The summed E-state index contributed by atoms with van der Waals surface area (Å²) in [6.45, 7) is 17.7. The minimum atomic E-state index is -0.805. The van der Waals surface area contributed by atoms with Crippen LogP contribution in [0.25, 0.3) is 16.5 Å². The van der Waals surface area contributed by atoms with Crippen LogP contribution in [0.4, 0.5) is 0 Å². The van der Waals surface area contributed by atoms with Crippen molar-refractivity contribution in [3.05, 3.63) is 64.9 Å². The van der Waals surface area contributed by atoms with Crippen LogP contribution in [-0.4, -0.2) is 37.9 Å². The fraction of sp³-hybridized carbons (Fsp3) is 0.379. The lowest BCUT2D eigenvalue weighted by atomic mass is 10.0. The summed E-state index contributed by atoms with van der Waals surface area (Å²) in [5.74, 6) is -0.0900. The molecular weight excluding hydrogens is 472 g/mol. The fourth-order valence-corrected chi connectivity index (χ4v) is 3.64. The first kappa shape index (κ1) is 30.7. The van der Waals surface area contributed by atoms with Gasteiger partial charge in [-0.2, -0.15) is 0 Å². The number of phenols is 2. The summed E-state index contributed by atoms with van der Waals surface area (Å²) < 4.78 is 1.85. The van der Waals surface area contributed by atoms with E-state index in [1.807, 2.05) is 58.4 Å². The smallest absolute Gasteiger partial charge is 0.323 e. The zero-order valence-corrected chi connectivity index (χ0v) is 23.5. The van der Waals surface area contributed by atoms with Crippen molar-refractivity contribution in [2.24, 2.45) is 5.92 Å². The molecule has 0 saturated heterocycles. The van der Waals surface area contributed by atoms with Gasteiger partial charge in [0.05, 0.1) is 4.99 Å². The monoisotopic (exact) mass is 512 g/mol. The Bertz CT molecular complexity index is 1240. The second kappa shape index (κ2) is 13.7. The average Bonchev–Trinajstić information content (AvgIpc) is 3.03. The van der Waals surface area contributed by atoms with Gasteiger partial charge in [-0.05, 0) is 69.0 Å². The Morgan fingerprint density at radius 3 is 2.17 bits per heavy atom. The SMILES string of the molecule is C=C(C)c1cc(CC)c(O)cc1O.CNC(=S)C(C)C.Cc1ccc2c(c1)c(C)c(C)n2CC(=O)O. The molecular formula is C29H40N2O4S. The largest absolute Gasteiger partial charge is 0.508 e. The molecule has 0 aliphatic rings. The van der Waals surface area contributed by atoms with Gasteiger partial charge in [-0.3, -0.25) is 4.79 Å². The van der Waals surface area contributed by atoms with E-state index in [2.05, 4.69) is 31.8 Å². The molecule has 0 aliphatic heterocycles. The lowest BCUT2D eigenvalue weighted by Crippen LogP contribution is -2.20. The Kier molecular flexibility index (Phi) is 11.7. The summed E-state index contributed by atoms with van der Waals surface area (Å²) in [4.78, 5) is 11.8. The standard InChI is InChI=1S/C13H15NO2.C11H14O2.C5H11NS/c1-8-4-5-12-11(6-8)9(2)10(3)14(12)7-13(15)16;1-4-8-5-9(7(2)3)11(13)6-10(8)12;1-4(2)5(7)6-3/h4-6H,7H2,1-3H3,(H,15,16);5-6,12-13H,2,4H2,1,3H3;4H,1-3H3,(H,6,7). The lowest BCUT2D eigenvalue weighted by Gasteiger charge is -2.08. The van der Waals surface area contributed by atoms with Crippen molar-refractivity contribution in [2.75, 3.05) is 7.05 Å². The van der Waals surface area contributed by atoms with E-state index in [0.717, 1.165) is 39.1 Å².